The molecule has 2 atom stereocenters. The van der Waals surface area contributed by atoms with Gasteiger partial charge in [0.2, 0.25) is 0 Å². The fourth-order valence-corrected chi connectivity index (χ4v) is 2.24. The number of alkyl halides is 1. The van der Waals surface area contributed by atoms with E-state index < -0.39 is 0 Å². The van der Waals surface area contributed by atoms with Crippen LogP contribution in [-0.4, -0.2) is 30.2 Å². The van der Waals surface area contributed by atoms with Crippen molar-refractivity contribution in [3.05, 3.63) is 0 Å². The van der Waals surface area contributed by atoms with Gasteiger partial charge in [0.05, 0.1) is 12.2 Å². The van der Waals surface area contributed by atoms with Crippen molar-refractivity contribution in [1.82, 2.24) is 5.32 Å². The van der Waals surface area contributed by atoms with Gasteiger partial charge >= 0.3 is 0 Å². The zero-order chi connectivity index (χ0) is 9.31. The lowest BCUT2D eigenvalue weighted by molar-refractivity contribution is 0.0542. The number of ether oxygens (including phenoxy) is 1. The van der Waals surface area contributed by atoms with Crippen LogP contribution in [0, 0.1) is 0 Å². The molecule has 0 amide bonds. The molecule has 0 aromatic rings. The van der Waals surface area contributed by atoms with Gasteiger partial charge in [0.15, 0.2) is 0 Å². The van der Waals surface area contributed by atoms with Gasteiger partial charge in [-0.05, 0) is 32.6 Å². The smallest absolute Gasteiger partial charge is 0.0704 e. The molecule has 2 aliphatic rings. The Morgan fingerprint density at radius 3 is 2.69 bits per heavy atom. The van der Waals surface area contributed by atoms with Gasteiger partial charge in [-0.25, -0.2) is 0 Å². The lowest BCUT2D eigenvalue weighted by Gasteiger charge is -2.17. The predicted molar refractivity (Wildman–Crippen MR) is 54.3 cm³/mol. The third-order valence-corrected chi connectivity index (χ3v) is 3.65. The van der Waals surface area contributed by atoms with Crippen molar-refractivity contribution < 1.29 is 4.74 Å². The second-order valence-corrected chi connectivity index (χ2v) is 4.71. The van der Waals surface area contributed by atoms with Crippen LogP contribution in [0.3, 0.4) is 0 Å². The van der Waals surface area contributed by atoms with E-state index in [1.165, 1.54) is 25.7 Å². The maximum Gasteiger partial charge on any atom is 0.0704 e. The third kappa shape index (κ3) is 2.36. The molecule has 2 nitrogen and oxygen atoms in total. The van der Waals surface area contributed by atoms with Gasteiger partial charge in [0.25, 0.3) is 0 Å². The first-order valence-corrected chi connectivity index (χ1v) is 5.74. The van der Waals surface area contributed by atoms with Crippen molar-refractivity contribution >= 4 is 11.6 Å². The highest BCUT2D eigenvalue weighted by molar-refractivity contribution is 6.18. The summed E-state index contributed by atoms with van der Waals surface area (Å²) in [6.07, 6.45) is 5.76. The van der Waals surface area contributed by atoms with E-state index in [0.717, 1.165) is 12.4 Å². The average Bonchev–Trinajstić information content (AvgIpc) is 2.81. The van der Waals surface area contributed by atoms with Gasteiger partial charge in [0, 0.05) is 18.0 Å². The fourth-order valence-electron chi connectivity index (χ4n) is 1.87. The molecular weight excluding hydrogens is 186 g/mol. The molecule has 0 bridgehead atoms. The van der Waals surface area contributed by atoms with Gasteiger partial charge in [-0.2, -0.15) is 0 Å². The second kappa shape index (κ2) is 3.76. The minimum atomic E-state index is 0.275. The van der Waals surface area contributed by atoms with Gasteiger partial charge in [-0.15, -0.1) is 11.6 Å². The molecule has 0 aromatic carbocycles. The van der Waals surface area contributed by atoms with Crippen LogP contribution in [-0.2, 0) is 4.74 Å². The molecule has 0 spiro atoms. The highest BCUT2D eigenvalue weighted by Crippen LogP contribution is 2.36. The molecule has 76 valence electrons. The third-order valence-electron chi connectivity index (χ3n) is 3.13. The monoisotopic (exact) mass is 203 g/mol. The Balaban J connectivity index is 1.68. The molecule has 1 aliphatic heterocycles. The van der Waals surface area contributed by atoms with E-state index in [0.29, 0.717) is 12.2 Å². The van der Waals surface area contributed by atoms with Crippen LogP contribution < -0.4 is 5.32 Å². The Hall–Kier alpha value is 0.210. The van der Waals surface area contributed by atoms with E-state index >= 15 is 0 Å². The van der Waals surface area contributed by atoms with Gasteiger partial charge in [-0.1, -0.05) is 0 Å². The van der Waals surface area contributed by atoms with Gasteiger partial charge in [0.1, 0.15) is 0 Å². The topological polar surface area (TPSA) is 21.3 Å². The molecule has 2 fully saturated rings. The molecule has 0 aromatic heterocycles. The van der Waals surface area contributed by atoms with Crippen LogP contribution in [0.4, 0.5) is 0 Å². The normalized spacial score (nSPS) is 36.5. The molecule has 1 N–H and O–H groups in total. The maximum atomic E-state index is 5.87. The number of rotatable bonds is 4. The van der Waals surface area contributed by atoms with Crippen LogP contribution >= 0.6 is 11.6 Å². The van der Waals surface area contributed by atoms with Gasteiger partial charge in [-0.3, -0.25) is 0 Å². The first kappa shape index (κ1) is 9.75. The van der Waals surface area contributed by atoms with Crippen molar-refractivity contribution in [1.29, 1.82) is 0 Å². The molecule has 0 radical (unpaired) electrons. The molecule has 1 heterocycles. The summed E-state index contributed by atoms with van der Waals surface area (Å²) in [4.78, 5) is 0. The highest BCUT2D eigenvalue weighted by Gasteiger charge is 2.41. The van der Waals surface area contributed by atoms with Crippen LogP contribution in [0.2, 0.25) is 0 Å². The molecule has 1 aliphatic carbocycles. The van der Waals surface area contributed by atoms with Crippen molar-refractivity contribution in [2.45, 2.75) is 50.4 Å². The summed E-state index contributed by atoms with van der Waals surface area (Å²) >= 11 is 5.87. The lowest BCUT2D eigenvalue weighted by Crippen LogP contribution is -2.38. The molecular formula is C10H18ClNO. The van der Waals surface area contributed by atoms with Crippen molar-refractivity contribution in [2.24, 2.45) is 0 Å². The molecule has 13 heavy (non-hydrogen) atoms. The van der Waals surface area contributed by atoms with E-state index in [4.69, 9.17) is 16.3 Å². The number of hydrogen-bond donors (Lipinski definition) is 1. The van der Waals surface area contributed by atoms with Crippen molar-refractivity contribution in [3.8, 4) is 0 Å². The Morgan fingerprint density at radius 1 is 1.46 bits per heavy atom. The van der Waals surface area contributed by atoms with E-state index in [1.807, 2.05) is 0 Å². The summed E-state index contributed by atoms with van der Waals surface area (Å²) in [6.45, 7) is 3.13. The highest BCUT2D eigenvalue weighted by atomic mass is 35.5. The number of halogens is 1. The minimum absolute atomic E-state index is 0.275. The van der Waals surface area contributed by atoms with Crippen LogP contribution in [0.15, 0.2) is 0 Å². The summed E-state index contributed by atoms with van der Waals surface area (Å²) in [5, 5.41) is 3.53. The quantitative estimate of drug-likeness (QED) is 0.705. The first-order chi connectivity index (χ1) is 6.24. The fraction of sp³-hybridized carbons (Fsp3) is 1.00. The Kier molecular flexibility index (Phi) is 2.82. The van der Waals surface area contributed by atoms with E-state index in [1.54, 1.807) is 0 Å². The lowest BCUT2D eigenvalue weighted by atomic mass is 10.2. The Bertz CT molecular complexity index is 182. The van der Waals surface area contributed by atoms with Crippen LogP contribution in [0.5, 0.6) is 0 Å². The van der Waals surface area contributed by atoms with E-state index in [9.17, 15) is 0 Å². The maximum absolute atomic E-state index is 5.87. The SMILES string of the molecule is CC1CCC(CNC2(CCl)CC2)O1. The summed E-state index contributed by atoms with van der Waals surface area (Å²) in [5.41, 5.74) is 0.275. The summed E-state index contributed by atoms with van der Waals surface area (Å²) in [5.74, 6) is 0.745. The van der Waals surface area contributed by atoms with Crippen LogP contribution in [0.1, 0.15) is 32.6 Å². The summed E-state index contributed by atoms with van der Waals surface area (Å²) in [6, 6.07) is 0. The second-order valence-electron chi connectivity index (χ2n) is 4.44. The van der Waals surface area contributed by atoms with Gasteiger partial charge < -0.3 is 10.1 Å². The van der Waals surface area contributed by atoms with Crippen LogP contribution in [0.25, 0.3) is 0 Å². The summed E-state index contributed by atoms with van der Waals surface area (Å²) < 4.78 is 5.72. The number of nitrogens with one attached hydrogen (secondary N) is 1. The largest absolute Gasteiger partial charge is 0.374 e. The van der Waals surface area contributed by atoms with Crippen molar-refractivity contribution in [2.75, 3.05) is 12.4 Å². The molecule has 3 heteroatoms. The van der Waals surface area contributed by atoms with E-state index in [-0.39, 0.29) is 5.54 Å². The molecule has 1 saturated carbocycles. The average molecular weight is 204 g/mol. The first-order valence-electron chi connectivity index (χ1n) is 5.20. The predicted octanol–water partition coefficient (Wildman–Crippen LogP) is 1.91. The zero-order valence-corrected chi connectivity index (χ0v) is 8.94. The molecule has 2 rings (SSSR count). The van der Waals surface area contributed by atoms with Crippen molar-refractivity contribution in [3.63, 3.8) is 0 Å². The Morgan fingerprint density at radius 2 is 2.23 bits per heavy atom. The van der Waals surface area contributed by atoms with E-state index in [2.05, 4.69) is 12.2 Å². The standard InChI is InChI=1S/C10H18ClNO/c1-8-2-3-9(13-8)6-12-10(7-11)4-5-10/h8-9,12H,2-7H2,1H3. The zero-order valence-electron chi connectivity index (χ0n) is 8.18. The Labute approximate surface area is 85.0 Å². The molecule has 2 unspecified atom stereocenters. The summed E-state index contributed by atoms with van der Waals surface area (Å²) in [7, 11) is 0. The number of hydrogen-bond acceptors (Lipinski definition) is 2. The molecule has 1 saturated heterocycles. The minimum Gasteiger partial charge on any atom is -0.374 e.